The minimum atomic E-state index is -0.0452. The Morgan fingerprint density at radius 1 is 1.29 bits per heavy atom. The van der Waals surface area contributed by atoms with Gasteiger partial charge in [-0.05, 0) is 36.8 Å². The molecule has 0 bridgehead atoms. The Hall–Kier alpha value is -1.31. The second-order valence-corrected chi connectivity index (χ2v) is 5.68. The Kier molecular flexibility index (Phi) is 3.23. The predicted molar refractivity (Wildman–Crippen MR) is 70.0 cm³/mol. The molecule has 17 heavy (non-hydrogen) atoms. The van der Waals surface area contributed by atoms with Crippen LogP contribution < -0.4 is 5.32 Å². The fraction of sp³-hybridized carbons (Fsp3) is 0.533. The Labute approximate surface area is 103 Å². The van der Waals surface area contributed by atoms with Gasteiger partial charge in [0.2, 0.25) is 5.91 Å². The Morgan fingerprint density at radius 3 is 2.41 bits per heavy atom. The quantitative estimate of drug-likeness (QED) is 0.851. The van der Waals surface area contributed by atoms with Crippen molar-refractivity contribution in [3.05, 3.63) is 35.4 Å². The lowest BCUT2D eigenvalue weighted by Gasteiger charge is -2.24. The predicted octanol–water partition coefficient (Wildman–Crippen LogP) is 3.02. The first-order valence-corrected chi connectivity index (χ1v) is 6.38. The van der Waals surface area contributed by atoms with Crippen LogP contribution in [-0.2, 0) is 11.2 Å². The van der Waals surface area contributed by atoms with Crippen LogP contribution in [0.3, 0.4) is 0 Å². The summed E-state index contributed by atoms with van der Waals surface area (Å²) in [6, 6.07) is 8.76. The maximum Gasteiger partial charge on any atom is 0.220 e. The van der Waals surface area contributed by atoms with Crippen LogP contribution in [0.1, 0.15) is 50.7 Å². The van der Waals surface area contributed by atoms with Crippen molar-refractivity contribution in [2.75, 3.05) is 0 Å². The standard InChI is InChI=1S/C15H21NO/c1-11(2)13-6-4-12(5-7-13)10-15(3)9-8-14(17)16-15/h4-7,11H,8-10H2,1-3H3,(H,16,17). The highest BCUT2D eigenvalue weighted by Gasteiger charge is 2.32. The van der Waals surface area contributed by atoms with Crippen molar-refractivity contribution in [3.63, 3.8) is 0 Å². The van der Waals surface area contributed by atoms with Gasteiger partial charge < -0.3 is 5.32 Å². The maximum atomic E-state index is 11.3. The molecule has 1 amide bonds. The van der Waals surface area contributed by atoms with Crippen molar-refractivity contribution in [1.82, 2.24) is 5.32 Å². The molecule has 1 atom stereocenters. The highest BCUT2D eigenvalue weighted by atomic mass is 16.2. The molecule has 1 fully saturated rings. The molecule has 1 aliphatic heterocycles. The van der Waals surface area contributed by atoms with Crippen LogP contribution in [0, 0.1) is 0 Å². The van der Waals surface area contributed by atoms with E-state index in [1.165, 1.54) is 11.1 Å². The third-order valence-electron chi connectivity index (χ3n) is 3.59. The van der Waals surface area contributed by atoms with Gasteiger partial charge in [-0.15, -0.1) is 0 Å². The number of nitrogens with one attached hydrogen (secondary N) is 1. The average Bonchev–Trinajstić information content (AvgIpc) is 2.59. The van der Waals surface area contributed by atoms with Gasteiger partial charge in [0.1, 0.15) is 0 Å². The van der Waals surface area contributed by atoms with Gasteiger partial charge in [-0.1, -0.05) is 38.1 Å². The summed E-state index contributed by atoms with van der Waals surface area (Å²) in [7, 11) is 0. The first-order valence-electron chi connectivity index (χ1n) is 6.38. The lowest BCUT2D eigenvalue weighted by molar-refractivity contribution is -0.119. The van der Waals surface area contributed by atoms with Gasteiger partial charge in [0, 0.05) is 12.0 Å². The molecular formula is C15H21NO. The van der Waals surface area contributed by atoms with Crippen LogP contribution in [0.15, 0.2) is 24.3 Å². The van der Waals surface area contributed by atoms with Crippen LogP contribution >= 0.6 is 0 Å². The van der Waals surface area contributed by atoms with Crippen LogP contribution in [0.5, 0.6) is 0 Å². The second-order valence-electron chi connectivity index (χ2n) is 5.68. The van der Waals surface area contributed by atoms with E-state index in [0.717, 1.165) is 12.8 Å². The molecular weight excluding hydrogens is 210 g/mol. The highest BCUT2D eigenvalue weighted by Crippen LogP contribution is 2.25. The van der Waals surface area contributed by atoms with E-state index in [4.69, 9.17) is 0 Å². The molecule has 0 aromatic heterocycles. The molecule has 1 unspecified atom stereocenters. The molecule has 2 nitrogen and oxygen atoms in total. The van der Waals surface area contributed by atoms with E-state index in [9.17, 15) is 4.79 Å². The first-order chi connectivity index (χ1) is 7.98. The first kappa shape index (κ1) is 12.2. The van der Waals surface area contributed by atoms with Gasteiger partial charge in [-0.2, -0.15) is 0 Å². The monoisotopic (exact) mass is 231 g/mol. The van der Waals surface area contributed by atoms with Crippen molar-refractivity contribution < 1.29 is 4.79 Å². The summed E-state index contributed by atoms with van der Waals surface area (Å²) >= 11 is 0. The van der Waals surface area contributed by atoms with Gasteiger partial charge in [-0.3, -0.25) is 4.79 Å². The molecule has 1 aromatic rings. The third kappa shape index (κ3) is 2.87. The van der Waals surface area contributed by atoms with E-state index in [2.05, 4.69) is 50.4 Å². The molecule has 1 aliphatic rings. The largest absolute Gasteiger partial charge is 0.351 e. The molecule has 1 saturated heterocycles. The number of carbonyl (C=O) groups is 1. The summed E-state index contributed by atoms with van der Waals surface area (Å²) < 4.78 is 0. The van der Waals surface area contributed by atoms with Gasteiger partial charge in [0.15, 0.2) is 0 Å². The zero-order chi connectivity index (χ0) is 12.5. The molecule has 2 heteroatoms. The fourth-order valence-electron chi connectivity index (χ4n) is 2.45. The van der Waals surface area contributed by atoms with Gasteiger partial charge in [0.05, 0.1) is 0 Å². The number of hydrogen-bond acceptors (Lipinski definition) is 1. The topological polar surface area (TPSA) is 29.1 Å². The summed E-state index contributed by atoms with van der Waals surface area (Å²) in [5.41, 5.74) is 2.63. The molecule has 2 rings (SSSR count). The van der Waals surface area contributed by atoms with Crippen molar-refractivity contribution in [2.45, 2.75) is 51.5 Å². The molecule has 0 radical (unpaired) electrons. The number of benzene rings is 1. The lowest BCUT2D eigenvalue weighted by Crippen LogP contribution is -2.40. The minimum absolute atomic E-state index is 0.0452. The highest BCUT2D eigenvalue weighted by molar-refractivity contribution is 5.79. The number of carbonyl (C=O) groups excluding carboxylic acids is 1. The summed E-state index contributed by atoms with van der Waals surface area (Å²) in [6.45, 7) is 6.54. The van der Waals surface area contributed by atoms with Crippen LogP contribution in [0.25, 0.3) is 0 Å². The number of rotatable bonds is 3. The minimum Gasteiger partial charge on any atom is -0.351 e. The average molecular weight is 231 g/mol. The van der Waals surface area contributed by atoms with E-state index in [1.54, 1.807) is 0 Å². The van der Waals surface area contributed by atoms with E-state index >= 15 is 0 Å². The summed E-state index contributed by atoms with van der Waals surface area (Å²) in [5.74, 6) is 0.761. The van der Waals surface area contributed by atoms with E-state index in [1.807, 2.05) is 0 Å². The van der Waals surface area contributed by atoms with Crippen LogP contribution in [0.2, 0.25) is 0 Å². The molecule has 1 N–H and O–H groups in total. The number of hydrogen-bond donors (Lipinski definition) is 1. The fourth-order valence-corrected chi connectivity index (χ4v) is 2.45. The molecule has 1 heterocycles. The molecule has 1 aromatic carbocycles. The summed E-state index contributed by atoms with van der Waals surface area (Å²) in [4.78, 5) is 11.3. The zero-order valence-electron chi connectivity index (χ0n) is 10.9. The van der Waals surface area contributed by atoms with E-state index < -0.39 is 0 Å². The van der Waals surface area contributed by atoms with Crippen molar-refractivity contribution >= 4 is 5.91 Å². The smallest absolute Gasteiger partial charge is 0.220 e. The van der Waals surface area contributed by atoms with E-state index in [0.29, 0.717) is 12.3 Å². The van der Waals surface area contributed by atoms with Crippen molar-refractivity contribution in [1.29, 1.82) is 0 Å². The zero-order valence-corrected chi connectivity index (χ0v) is 10.9. The Morgan fingerprint density at radius 2 is 1.94 bits per heavy atom. The molecule has 92 valence electrons. The Balaban J connectivity index is 2.06. The SMILES string of the molecule is CC(C)c1ccc(CC2(C)CCC(=O)N2)cc1. The molecule has 0 saturated carbocycles. The molecule has 0 aliphatic carbocycles. The van der Waals surface area contributed by atoms with E-state index in [-0.39, 0.29) is 11.4 Å². The normalized spacial score (nSPS) is 24.1. The Bertz CT molecular complexity index is 407. The lowest BCUT2D eigenvalue weighted by atomic mass is 9.90. The molecule has 0 spiro atoms. The second kappa shape index (κ2) is 4.52. The van der Waals surface area contributed by atoms with Crippen molar-refractivity contribution in [3.8, 4) is 0 Å². The summed E-state index contributed by atoms with van der Waals surface area (Å²) in [5, 5.41) is 3.08. The van der Waals surface area contributed by atoms with Crippen LogP contribution in [0.4, 0.5) is 0 Å². The van der Waals surface area contributed by atoms with Gasteiger partial charge in [0.25, 0.3) is 0 Å². The summed E-state index contributed by atoms with van der Waals surface area (Å²) in [6.07, 6.45) is 2.54. The van der Waals surface area contributed by atoms with Crippen LogP contribution in [-0.4, -0.2) is 11.4 Å². The van der Waals surface area contributed by atoms with Gasteiger partial charge >= 0.3 is 0 Å². The van der Waals surface area contributed by atoms with Crippen molar-refractivity contribution in [2.24, 2.45) is 0 Å². The third-order valence-corrected chi connectivity index (χ3v) is 3.59. The maximum absolute atomic E-state index is 11.3. The number of amides is 1. The van der Waals surface area contributed by atoms with Gasteiger partial charge in [-0.25, -0.2) is 0 Å².